The molecule has 1 aliphatic carbocycles. The molecule has 2 rings (SSSR count). The van der Waals surface area contributed by atoms with Gasteiger partial charge in [0.25, 0.3) is 0 Å². The van der Waals surface area contributed by atoms with Crippen LogP contribution in [0.5, 0.6) is 0 Å². The second kappa shape index (κ2) is 2.47. The molecule has 0 unspecified atom stereocenters. The highest BCUT2D eigenvalue weighted by Gasteiger charge is 2.59. The fourth-order valence-electron chi connectivity index (χ4n) is 1.41. The van der Waals surface area contributed by atoms with Crippen LogP contribution in [0, 0.1) is 0 Å². The molecule has 0 spiro atoms. The molecule has 5 heteroatoms. The zero-order chi connectivity index (χ0) is 8.17. The van der Waals surface area contributed by atoms with Crippen molar-refractivity contribution in [1.82, 2.24) is 0 Å². The summed E-state index contributed by atoms with van der Waals surface area (Å²) < 4.78 is 5.06. The molecular formula is C6H8Cl2O3. The van der Waals surface area contributed by atoms with Crippen molar-refractivity contribution in [2.75, 3.05) is 0 Å². The summed E-state index contributed by atoms with van der Waals surface area (Å²) in [5.41, 5.74) is 0. The second-order valence-corrected chi connectivity index (χ2v) is 3.94. The Labute approximate surface area is 73.9 Å². The number of alkyl halides is 2. The zero-order valence-corrected chi connectivity index (χ0v) is 7.03. The number of rotatable bonds is 0. The third kappa shape index (κ3) is 1.07. The Morgan fingerprint density at radius 1 is 0.909 bits per heavy atom. The van der Waals surface area contributed by atoms with E-state index in [-0.39, 0.29) is 12.2 Å². The van der Waals surface area contributed by atoms with Gasteiger partial charge in [-0.25, -0.2) is 0 Å². The zero-order valence-electron chi connectivity index (χ0n) is 5.52. The summed E-state index contributed by atoms with van der Waals surface area (Å²) in [6.45, 7) is 0. The number of aliphatic hydroxyl groups is 2. The minimum atomic E-state index is -0.970. The third-order valence-electron chi connectivity index (χ3n) is 2.19. The van der Waals surface area contributed by atoms with Gasteiger partial charge in [0.15, 0.2) is 0 Å². The standard InChI is InChI=1S/C6H8Cl2O3/c7-1-3(9)4(10)2(8)6-5(1)11-6/h1-6,9-10H/t1-,2+,3-,4+,5-,6+. The first-order chi connectivity index (χ1) is 5.13. The van der Waals surface area contributed by atoms with E-state index >= 15 is 0 Å². The van der Waals surface area contributed by atoms with E-state index in [0.29, 0.717) is 0 Å². The molecule has 2 fully saturated rings. The Hall–Kier alpha value is 0.460. The molecule has 1 heterocycles. The molecule has 2 N–H and O–H groups in total. The smallest absolute Gasteiger partial charge is 0.105 e. The molecule has 1 saturated heterocycles. The number of hydrogen-bond donors (Lipinski definition) is 2. The van der Waals surface area contributed by atoms with Crippen molar-refractivity contribution in [1.29, 1.82) is 0 Å². The molecular weight excluding hydrogens is 191 g/mol. The van der Waals surface area contributed by atoms with Crippen molar-refractivity contribution in [3.05, 3.63) is 0 Å². The lowest BCUT2D eigenvalue weighted by Gasteiger charge is -2.28. The normalized spacial score (nSPS) is 62.2. The van der Waals surface area contributed by atoms with E-state index in [0.717, 1.165) is 0 Å². The van der Waals surface area contributed by atoms with E-state index in [1.54, 1.807) is 0 Å². The molecule has 64 valence electrons. The van der Waals surface area contributed by atoms with Crippen LogP contribution in [-0.4, -0.2) is 45.4 Å². The Kier molecular flexibility index (Phi) is 1.81. The first-order valence-electron chi connectivity index (χ1n) is 3.42. The number of ether oxygens (including phenoxy) is 1. The average molecular weight is 199 g/mol. The molecule has 1 aliphatic heterocycles. The van der Waals surface area contributed by atoms with Gasteiger partial charge in [0.05, 0.1) is 10.8 Å². The molecule has 0 aromatic carbocycles. The van der Waals surface area contributed by atoms with E-state index in [1.165, 1.54) is 0 Å². The molecule has 0 bridgehead atoms. The van der Waals surface area contributed by atoms with Crippen LogP contribution in [0.4, 0.5) is 0 Å². The highest BCUT2D eigenvalue weighted by atomic mass is 35.5. The Morgan fingerprint density at radius 2 is 1.27 bits per heavy atom. The topological polar surface area (TPSA) is 53.0 Å². The van der Waals surface area contributed by atoms with Crippen LogP contribution < -0.4 is 0 Å². The lowest BCUT2D eigenvalue weighted by Crippen LogP contribution is -2.49. The summed E-state index contributed by atoms with van der Waals surface area (Å²) in [6, 6.07) is 0. The highest BCUT2D eigenvalue weighted by Crippen LogP contribution is 2.42. The SMILES string of the molecule is O[C@@H]1[C@H](O)[C@@H](Cl)[C@H]2O[C@H]2[C@H]1Cl. The summed E-state index contributed by atoms with van der Waals surface area (Å²) in [5.74, 6) is 0. The number of hydrogen-bond acceptors (Lipinski definition) is 3. The van der Waals surface area contributed by atoms with Crippen LogP contribution in [0.3, 0.4) is 0 Å². The monoisotopic (exact) mass is 198 g/mol. The van der Waals surface area contributed by atoms with Crippen LogP contribution in [-0.2, 0) is 4.74 Å². The molecule has 1 saturated carbocycles. The molecule has 3 nitrogen and oxygen atoms in total. The lowest BCUT2D eigenvalue weighted by atomic mass is 9.94. The minimum Gasteiger partial charge on any atom is -0.389 e. The van der Waals surface area contributed by atoms with Gasteiger partial charge in [-0.3, -0.25) is 0 Å². The molecule has 6 atom stereocenters. The van der Waals surface area contributed by atoms with Crippen molar-refractivity contribution >= 4 is 23.2 Å². The van der Waals surface area contributed by atoms with E-state index in [9.17, 15) is 10.2 Å². The summed E-state index contributed by atoms with van der Waals surface area (Å²) in [7, 11) is 0. The molecule has 0 amide bonds. The third-order valence-corrected chi connectivity index (χ3v) is 3.20. The van der Waals surface area contributed by atoms with Crippen molar-refractivity contribution < 1.29 is 14.9 Å². The van der Waals surface area contributed by atoms with Crippen LogP contribution in [0.25, 0.3) is 0 Å². The van der Waals surface area contributed by atoms with E-state index in [4.69, 9.17) is 27.9 Å². The Bertz CT molecular complexity index is 159. The summed E-state index contributed by atoms with van der Waals surface area (Å²) >= 11 is 11.5. The van der Waals surface area contributed by atoms with Crippen molar-refractivity contribution in [2.24, 2.45) is 0 Å². The van der Waals surface area contributed by atoms with E-state index in [1.807, 2.05) is 0 Å². The van der Waals surface area contributed by atoms with Gasteiger partial charge in [-0.05, 0) is 0 Å². The second-order valence-electron chi connectivity index (χ2n) is 2.94. The van der Waals surface area contributed by atoms with Crippen LogP contribution in [0.1, 0.15) is 0 Å². The van der Waals surface area contributed by atoms with Gasteiger partial charge in [-0.15, -0.1) is 23.2 Å². The van der Waals surface area contributed by atoms with Gasteiger partial charge < -0.3 is 14.9 Å². The van der Waals surface area contributed by atoms with Crippen LogP contribution >= 0.6 is 23.2 Å². The Morgan fingerprint density at radius 3 is 1.64 bits per heavy atom. The molecule has 11 heavy (non-hydrogen) atoms. The first kappa shape index (κ1) is 8.08. The predicted octanol–water partition coefficient (Wildman–Crippen LogP) is -0.296. The molecule has 0 radical (unpaired) electrons. The average Bonchev–Trinajstić information content (AvgIpc) is 2.76. The summed E-state index contributed by atoms with van der Waals surface area (Å²) in [5, 5.41) is 17.5. The van der Waals surface area contributed by atoms with Gasteiger partial charge in [-0.1, -0.05) is 0 Å². The van der Waals surface area contributed by atoms with Crippen molar-refractivity contribution in [2.45, 2.75) is 35.2 Å². The van der Waals surface area contributed by atoms with E-state index < -0.39 is 23.0 Å². The van der Waals surface area contributed by atoms with Gasteiger partial charge in [0.2, 0.25) is 0 Å². The maximum atomic E-state index is 9.27. The maximum absolute atomic E-state index is 9.27. The highest BCUT2D eigenvalue weighted by molar-refractivity contribution is 6.24. The first-order valence-corrected chi connectivity index (χ1v) is 4.30. The van der Waals surface area contributed by atoms with Crippen LogP contribution in [0.2, 0.25) is 0 Å². The maximum Gasteiger partial charge on any atom is 0.105 e. The van der Waals surface area contributed by atoms with Crippen molar-refractivity contribution in [3.63, 3.8) is 0 Å². The predicted molar refractivity (Wildman–Crippen MR) is 40.0 cm³/mol. The number of fused-ring (bicyclic) bond motifs is 1. The fourth-order valence-corrected chi connectivity index (χ4v) is 2.12. The van der Waals surface area contributed by atoms with Crippen molar-refractivity contribution in [3.8, 4) is 0 Å². The molecule has 2 aliphatic rings. The quantitative estimate of drug-likeness (QED) is 0.416. The number of aliphatic hydroxyl groups excluding tert-OH is 2. The Balaban J connectivity index is 2.13. The lowest BCUT2D eigenvalue weighted by molar-refractivity contribution is 0.00522. The van der Waals surface area contributed by atoms with E-state index in [2.05, 4.69) is 0 Å². The molecule has 0 aromatic rings. The van der Waals surface area contributed by atoms with Gasteiger partial charge in [0, 0.05) is 0 Å². The fraction of sp³-hybridized carbons (Fsp3) is 1.00. The van der Waals surface area contributed by atoms with Gasteiger partial charge in [0.1, 0.15) is 24.4 Å². The number of halogens is 2. The molecule has 0 aromatic heterocycles. The number of epoxide rings is 1. The van der Waals surface area contributed by atoms with Crippen LogP contribution in [0.15, 0.2) is 0 Å². The summed E-state index contributed by atoms with van der Waals surface area (Å²) in [4.78, 5) is 0. The minimum absolute atomic E-state index is 0.169. The summed E-state index contributed by atoms with van der Waals surface area (Å²) in [6.07, 6.45) is -2.28. The van der Waals surface area contributed by atoms with Gasteiger partial charge >= 0.3 is 0 Å². The largest absolute Gasteiger partial charge is 0.389 e. The van der Waals surface area contributed by atoms with Gasteiger partial charge in [-0.2, -0.15) is 0 Å².